The van der Waals surface area contributed by atoms with Crippen LogP contribution in [0.4, 0.5) is 0 Å². The zero-order valence-electron chi connectivity index (χ0n) is 18.1. The second kappa shape index (κ2) is 8.55. The number of aromatic nitrogens is 3. The minimum absolute atomic E-state index is 0.00284. The zero-order valence-corrected chi connectivity index (χ0v) is 19.0. The fourth-order valence-electron chi connectivity index (χ4n) is 4.64. The number of nitrogens with one attached hydrogen (secondary N) is 1. The molecule has 0 radical (unpaired) electrons. The second-order valence-electron chi connectivity index (χ2n) is 8.07. The first-order chi connectivity index (χ1) is 15.6. The Morgan fingerprint density at radius 3 is 2.31 bits per heavy atom. The molecule has 0 aliphatic carbocycles. The van der Waals surface area contributed by atoms with Crippen LogP contribution in [0.15, 0.2) is 85.2 Å². The van der Waals surface area contributed by atoms with E-state index in [9.17, 15) is 0 Å². The molecule has 1 saturated heterocycles. The summed E-state index contributed by atoms with van der Waals surface area (Å²) < 4.78 is 2.31. The van der Waals surface area contributed by atoms with E-state index < -0.39 is 0 Å². The molecule has 160 valence electrons. The molecular weight excluding hydrogens is 414 g/mol. The van der Waals surface area contributed by atoms with Crippen LogP contribution in [0.25, 0.3) is 5.69 Å². The summed E-state index contributed by atoms with van der Waals surface area (Å²) in [5, 5.41) is 4.27. The van der Waals surface area contributed by atoms with E-state index in [0.717, 1.165) is 22.2 Å². The fourth-order valence-corrected chi connectivity index (χ4v) is 4.95. The topological polar surface area (TPSA) is 46.0 Å². The van der Waals surface area contributed by atoms with Crippen molar-refractivity contribution < 1.29 is 0 Å². The molecule has 4 aromatic rings. The van der Waals surface area contributed by atoms with E-state index >= 15 is 0 Å². The highest BCUT2D eigenvalue weighted by atomic mass is 32.1. The van der Waals surface area contributed by atoms with E-state index in [0.29, 0.717) is 6.54 Å². The number of benzene rings is 1. The minimum atomic E-state index is -0.0443. The maximum Gasteiger partial charge on any atom is 0.170 e. The molecule has 1 aliphatic heterocycles. The number of para-hydroxylation sites is 1. The molecule has 5 nitrogen and oxygen atoms in total. The van der Waals surface area contributed by atoms with Crippen LogP contribution in [0.3, 0.4) is 0 Å². The Morgan fingerprint density at radius 2 is 1.62 bits per heavy atom. The van der Waals surface area contributed by atoms with E-state index in [4.69, 9.17) is 12.2 Å². The molecule has 4 heterocycles. The summed E-state index contributed by atoms with van der Waals surface area (Å²) >= 11 is 5.82. The second-order valence-corrected chi connectivity index (χ2v) is 8.46. The van der Waals surface area contributed by atoms with E-state index in [1.807, 2.05) is 48.8 Å². The van der Waals surface area contributed by atoms with Crippen molar-refractivity contribution in [2.45, 2.75) is 32.5 Å². The normalized spacial score (nSPS) is 18.1. The van der Waals surface area contributed by atoms with Crippen LogP contribution in [0.2, 0.25) is 0 Å². The summed E-state index contributed by atoms with van der Waals surface area (Å²) in [5.74, 6) is 0. The average molecular weight is 440 g/mol. The van der Waals surface area contributed by atoms with Gasteiger partial charge in [-0.2, -0.15) is 0 Å². The first-order valence-electron chi connectivity index (χ1n) is 10.8. The van der Waals surface area contributed by atoms with E-state index in [-0.39, 0.29) is 12.1 Å². The minimum Gasteiger partial charge on any atom is -0.352 e. The molecular formula is C26H25N5S. The Hall–Kier alpha value is -3.51. The summed E-state index contributed by atoms with van der Waals surface area (Å²) in [6, 6.07) is 24.7. The van der Waals surface area contributed by atoms with Gasteiger partial charge in [-0.1, -0.05) is 30.3 Å². The van der Waals surface area contributed by atoms with Gasteiger partial charge in [0.25, 0.3) is 0 Å². The first-order valence-corrected chi connectivity index (χ1v) is 11.2. The number of aryl methyl sites for hydroxylation is 1. The third kappa shape index (κ3) is 3.67. The molecule has 2 atom stereocenters. The lowest BCUT2D eigenvalue weighted by Gasteiger charge is -2.28. The van der Waals surface area contributed by atoms with Gasteiger partial charge < -0.3 is 14.8 Å². The third-order valence-electron chi connectivity index (χ3n) is 6.06. The monoisotopic (exact) mass is 439 g/mol. The van der Waals surface area contributed by atoms with Crippen LogP contribution in [0.1, 0.15) is 40.4 Å². The number of thiocarbonyl (C=S) groups is 1. The lowest BCUT2D eigenvalue weighted by atomic mass is 9.96. The molecule has 6 heteroatoms. The smallest absolute Gasteiger partial charge is 0.170 e. The van der Waals surface area contributed by atoms with Gasteiger partial charge in [0.05, 0.1) is 30.0 Å². The first kappa shape index (κ1) is 20.4. The van der Waals surface area contributed by atoms with Gasteiger partial charge in [-0.25, -0.2) is 0 Å². The maximum atomic E-state index is 5.82. The molecule has 0 unspecified atom stereocenters. The lowest BCUT2D eigenvalue weighted by Crippen LogP contribution is -2.29. The molecule has 0 saturated carbocycles. The Labute approximate surface area is 193 Å². The highest BCUT2D eigenvalue weighted by molar-refractivity contribution is 7.80. The van der Waals surface area contributed by atoms with Crippen molar-refractivity contribution in [1.82, 2.24) is 24.8 Å². The van der Waals surface area contributed by atoms with Gasteiger partial charge >= 0.3 is 0 Å². The van der Waals surface area contributed by atoms with Gasteiger partial charge in [0.15, 0.2) is 5.11 Å². The highest BCUT2D eigenvalue weighted by Crippen LogP contribution is 2.42. The summed E-state index contributed by atoms with van der Waals surface area (Å²) in [6.07, 6.45) is 3.67. The van der Waals surface area contributed by atoms with Crippen molar-refractivity contribution in [2.75, 3.05) is 0 Å². The number of rotatable bonds is 5. The fraction of sp³-hybridized carbons (Fsp3) is 0.192. The maximum absolute atomic E-state index is 5.82. The molecule has 1 fully saturated rings. The van der Waals surface area contributed by atoms with Crippen molar-refractivity contribution in [3.05, 3.63) is 114 Å². The molecule has 3 aromatic heterocycles. The predicted molar refractivity (Wildman–Crippen MR) is 130 cm³/mol. The Kier molecular flexibility index (Phi) is 5.45. The molecule has 1 N–H and O–H groups in total. The van der Waals surface area contributed by atoms with Gasteiger partial charge in [0.2, 0.25) is 0 Å². The van der Waals surface area contributed by atoms with Crippen LogP contribution in [-0.2, 0) is 6.54 Å². The number of nitrogens with zero attached hydrogens (tertiary/aromatic N) is 4. The standard InChI is InChI=1S/C26H25N5S/c1-18-16-22(19(2)31(18)21-11-4-3-5-12-21)25-24(23-13-7-9-15-28-23)29-26(32)30(25)17-20-10-6-8-14-27-20/h3-16,24-25H,17H2,1-2H3,(H,29,32)/t24-,25+/m0/s1. The van der Waals surface area contributed by atoms with Crippen molar-refractivity contribution >= 4 is 17.3 Å². The summed E-state index contributed by atoms with van der Waals surface area (Å²) in [4.78, 5) is 11.4. The summed E-state index contributed by atoms with van der Waals surface area (Å²) in [6.45, 7) is 4.98. The lowest BCUT2D eigenvalue weighted by molar-refractivity contribution is 0.307. The van der Waals surface area contributed by atoms with E-state index in [1.165, 1.54) is 17.0 Å². The molecule has 5 rings (SSSR count). The van der Waals surface area contributed by atoms with E-state index in [1.54, 1.807) is 0 Å². The number of pyridine rings is 2. The largest absolute Gasteiger partial charge is 0.352 e. The molecule has 0 amide bonds. The van der Waals surface area contributed by atoms with Gasteiger partial charge in [-0.05, 0) is 74.1 Å². The summed E-state index contributed by atoms with van der Waals surface area (Å²) in [5.41, 5.74) is 6.77. The van der Waals surface area contributed by atoms with Gasteiger partial charge in [0.1, 0.15) is 0 Å². The molecule has 1 aromatic carbocycles. The van der Waals surface area contributed by atoms with Crippen molar-refractivity contribution in [3.8, 4) is 5.69 Å². The van der Waals surface area contributed by atoms with Gasteiger partial charge in [0, 0.05) is 29.5 Å². The molecule has 0 bridgehead atoms. The number of hydrogen-bond acceptors (Lipinski definition) is 3. The van der Waals surface area contributed by atoms with Crippen LogP contribution >= 0.6 is 12.2 Å². The van der Waals surface area contributed by atoms with Crippen LogP contribution in [0.5, 0.6) is 0 Å². The molecule has 1 aliphatic rings. The predicted octanol–water partition coefficient (Wildman–Crippen LogP) is 5.06. The van der Waals surface area contributed by atoms with Crippen LogP contribution in [0, 0.1) is 13.8 Å². The highest BCUT2D eigenvalue weighted by Gasteiger charge is 2.41. The quantitative estimate of drug-likeness (QED) is 0.441. The van der Waals surface area contributed by atoms with Crippen molar-refractivity contribution in [1.29, 1.82) is 0 Å². The Balaban J connectivity index is 1.62. The number of hydrogen-bond donors (Lipinski definition) is 1. The van der Waals surface area contributed by atoms with Crippen molar-refractivity contribution in [2.24, 2.45) is 0 Å². The Bertz CT molecular complexity index is 1220. The average Bonchev–Trinajstić information content (AvgIpc) is 3.30. The van der Waals surface area contributed by atoms with Gasteiger partial charge in [-0.15, -0.1) is 0 Å². The Morgan fingerprint density at radius 1 is 0.906 bits per heavy atom. The zero-order chi connectivity index (χ0) is 22.1. The molecule has 0 spiro atoms. The molecule has 32 heavy (non-hydrogen) atoms. The van der Waals surface area contributed by atoms with Gasteiger partial charge in [-0.3, -0.25) is 9.97 Å². The summed E-state index contributed by atoms with van der Waals surface area (Å²) in [7, 11) is 0. The SMILES string of the molecule is Cc1cc([C@@H]2[C@H](c3ccccn3)NC(=S)N2Cc2ccccn2)c(C)n1-c1ccccc1. The van der Waals surface area contributed by atoms with Crippen LogP contribution < -0.4 is 5.32 Å². The van der Waals surface area contributed by atoms with Crippen LogP contribution in [-0.4, -0.2) is 24.5 Å². The van der Waals surface area contributed by atoms with Crippen molar-refractivity contribution in [3.63, 3.8) is 0 Å². The van der Waals surface area contributed by atoms with E-state index in [2.05, 4.69) is 75.0 Å². The third-order valence-corrected chi connectivity index (χ3v) is 6.41.